The molecule has 8 aromatic rings. The molecule has 0 N–H and O–H groups in total. The van der Waals surface area contributed by atoms with Crippen LogP contribution in [-0.2, 0) is 0 Å². The maximum absolute atomic E-state index is 4.50. The molecule has 0 amide bonds. The highest BCUT2D eigenvalue weighted by Crippen LogP contribution is 2.42. The van der Waals surface area contributed by atoms with Crippen molar-refractivity contribution in [2.45, 2.75) is 0 Å². The minimum Gasteiger partial charge on any atom is -0.265 e. The lowest BCUT2D eigenvalue weighted by Gasteiger charge is -2.17. The first kappa shape index (κ1) is 21.0. The van der Waals surface area contributed by atoms with E-state index >= 15 is 0 Å². The van der Waals surface area contributed by atoms with Gasteiger partial charge < -0.3 is 0 Å². The standard InChI is InChI=1S/C36H22N2/c1-2-29-22-28(11-16-34(29)38-19-1)31-13-8-27-9-14-32-30(12-7-26-10-15-33(31)36(27)35(26)32)25-5-3-23(4-6-25)24-17-20-37-21-18-24/h1-22H. The van der Waals surface area contributed by atoms with E-state index in [9.17, 15) is 0 Å². The zero-order chi connectivity index (χ0) is 25.1. The minimum absolute atomic E-state index is 1.02. The lowest BCUT2D eigenvalue weighted by Crippen LogP contribution is -1.90. The fourth-order valence-corrected chi connectivity index (χ4v) is 5.93. The number of pyridine rings is 2. The van der Waals surface area contributed by atoms with E-state index < -0.39 is 0 Å². The van der Waals surface area contributed by atoms with Gasteiger partial charge in [-0.3, -0.25) is 9.97 Å². The van der Waals surface area contributed by atoms with Gasteiger partial charge in [0.05, 0.1) is 5.52 Å². The summed E-state index contributed by atoms with van der Waals surface area (Å²) in [6, 6.07) is 41.8. The predicted octanol–water partition coefficient (Wildman–Crippen LogP) is 9.53. The maximum Gasteiger partial charge on any atom is 0.0702 e. The van der Waals surface area contributed by atoms with Crippen LogP contribution in [0.15, 0.2) is 134 Å². The average molecular weight is 483 g/mol. The van der Waals surface area contributed by atoms with Crippen molar-refractivity contribution >= 4 is 43.2 Å². The number of hydrogen-bond donors (Lipinski definition) is 0. The first-order valence-corrected chi connectivity index (χ1v) is 12.9. The van der Waals surface area contributed by atoms with E-state index in [0.717, 1.165) is 10.9 Å². The summed E-state index contributed by atoms with van der Waals surface area (Å²) in [5, 5.41) is 8.95. The summed E-state index contributed by atoms with van der Waals surface area (Å²) in [4.78, 5) is 8.65. The molecular formula is C36H22N2. The number of fused-ring (bicyclic) bond motifs is 1. The molecule has 2 heterocycles. The third-order valence-electron chi connectivity index (χ3n) is 7.79. The van der Waals surface area contributed by atoms with E-state index in [1.165, 1.54) is 65.7 Å². The molecule has 0 aliphatic heterocycles. The van der Waals surface area contributed by atoms with Crippen molar-refractivity contribution in [2.75, 3.05) is 0 Å². The molecule has 0 unspecified atom stereocenters. The second-order valence-corrected chi connectivity index (χ2v) is 9.87. The van der Waals surface area contributed by atoms with Gasteiger partial charge in [-0.1, -0.05) is 84.9 Å². The van der Waals surface area contributed by atoms with Crippen molar-refractivity contribution in [1.82, 2.24) is 9.97 Å². The highest BCUT2D eigenvalue weighted by molar-refractivity contribution is 6.27. The second kappa shape index (κ2) is 8.22. The Bertz CT molecular complexity index is 2110. The van der Waals surface area contributed by atoms with Crippen molar-refractivity contribution in [2.24, 2.45) is 0 Å². The van der Waals surface area contributed by atoms with E-state index in [2.05, 4.69) is 119 Å². The van der Waals surface area contributed by atoms with Crippen molar-refractivity contribution in [3.63, 3.8) is 0 Å². The molecule has 2 nitrogen and oxygen atoms in total. The Morgan fingerprint density at radius 2 is 0.974 bits per heavy atom. The zero-order valence-electron chi connectivity index (χ0n) is 20.6. The third kappa shape index (κ3) is 3.21. The van der Waals surface area contributed by atoms with Gasteiger partial charge in [-0.05, 0) is 96.0 Å². The average Bonchev–Trinajstić information content (AvgIpc) is 3.00. The molecule has 8 rings (SSSR count). The molecule has 6 aromatic carbocycles. The molecule has 0 saturated carbocycles. The molecule has 0 bridgehead atoms. The molecule has 38 heavy (non-hydrogen) atoms. The molecule has 0 fully saturated rings. The van der Waals surface area contributed by atoms with Crippen LogP contribution in [0.5, 0.6) is 0 Å². The predicted molar refractivity (Wildman–Crippen MR) is 160 cm³/mol. The molecule has 2 heteroatoms. The summed E-state index contributed by atoms with van der Waals surface area (Å²) in [6.45, 7) is 0. The number of rotatable bonds is 3. The van der Waals surface area contributed by atoms with E-state index in [4.69, 9.17) is 0 Å². The molecule has 0 aliphatic carbocycles. The van der Waals surface area contributed by atoms with Crippen molar-refractivity contribution in [3.8, 4) is 33.4 Å². The van der Waals surface area contributed by atoms with Crippen molar-refractivity contribution < 1.29 is 0 Å². The number of nitrogens with zero attached hydrogens (tertiary/aromatic N) is 2. The van der Waals surface area contributed by atoms with E-state index in [-0.39, 0.29) is 0 Å². The maximum atomic E-state index is 4.50. The topological polar surface area (TPSA) is 25.8 Å². The van der Waals surface area contributed by atoms with Crippen LogP contribution in [0, 0.1) is 0 Å². The van der Waals surface area contributed by atoms with Gasteiger partial charge in [-0.15, -0.1) is 0 Å². The summed E-state index contributed by atoms with van der Waals surface area (Å²) < 4.78 is 0. The molecule has 2 aromatic heterocycles. The molecule has 0 spiro atoms. The van der Waals surface area contributed by atoms with Crippen molar-refractivity contribution in [3.05, 3.63) is 134 Å². The quantitative estimate of drug-likeness (QED) is 0.234. The van der Waals surface area contributed by atoms with Crippen LogP contribution in [0.3, 0.4) is 0 Å². The SMILES string of the molecule is c1cnc2ccc(-c3ccc4ccc5c(-c6ccc(-c7ccncc7)cc6)ccc6ccc3c4c65)cc2c1. The summed E-state index contributed by atoms with van der Waals surface area (Å²) in [5.41, 5.74) is 8.36. The Hall–Kier alpha value is -5.08. The Morgan fingerprint density at radius 3 is 1.68 bits per heavy atom. The zero-order valence-corrected chi connectivity index (χ0v) is 20.6. The summed E-state index contributed by atoms with van der Waals surface area (Å²) in [5.74, 6) is 0. The van der Waals surface area contributed by atoms with Crippen LogP contribution >= 0.6 is 0 Å². The highest BCUT2D eigenvalue weighted by Gasteiger charge is 2.15. The largest absolute Gasteiger partial charge is 0.265 e. The lowest BCUT2D eigenvalue weighted by atomic mass is 9.87. The minimum atomic E-state index is 1.02. The first-order chi connectivity index (χ1) is 18.8. The number of aromatic nitrogens is 2. The van der Waals surface area contributed by atoms with Crippen LogP contribution in [0.25, 0.3) is 76.6 Å². The second-order valence-electron chi connectivity index (χ2n) is 9.87. The Labute approximate surface area is 220 Å². The molecular weight excluding hydrogens is 460 g/mol. The van der Waals surface area contributed by atoms with Crippen LogP contribution in [0.4, 0.5) is 0 Å². The fourth-order valence-electron chi connectivity index (χ4n) is 5.93. The van der Waals surface area contributed by atoms with Gasteiger partial charge >= 0.3 is 0 Å². The molecule has 0 saturated heterocycles. The monoisotopic (exact) mass is 482 g/mol. The van der Waals surface area contributed by atoms with Crippen molar-refractivity contribution in [1.29, 1.82) is 0 Å². The summed E-state index contributed by atoms with van der Waals surface area (Å²) >= 11 is 0. The van der Waals surface area contributed by atoms with Gasteiger partial charge in [-0.25, -0.2) is 0 Å². The van der Waals surface area contributed by atoms with Crippen LogP contribution in [0.2, 0.25) is 0 Å². The highest BCUT2D eigenvalue weighted by atomic mass is 14.6. The smallest absolute Gasteiger partial charge is 0.0702 e. The van der Waals surface area contributed by atoms with E-state index in [1.54, 1.807) is 0 Å². The first-order valence-electron chi connectivity index (χ1n) is 12.9. The van der Waals surface area contributed by atoms with E-state index in [1.807, 2.05) is 24.7 Å². The third-order valence-corrected chi connectivity index (χ3v) is 7.79. The molecule has 0 radical (unpaired) electrons. The fraction of sp³-hybridized carbons (Fsp3) is 0. The van der Waals surface area contributed by atoms with Gasteiger partial charge in [0.15, 0.2) is 0 Å². The Balaban J connectivity index is 1.33. The van der Waals surface area contributed by atoms with Gasteiger partial charge in [0, 0.05) is 24.0 Å². The van der Waals surface area contributed by atoms with Crippen LogP contribution in [0.1, 0.15) is 0 Å². The van der Waals surface area contributed by atoms with Gasteiger partial charge in [0.2, 0.25) is 0 Å². The Morgan fingerprint density at radius 1 is 0.395 bits per heavy atom. The Kier molecular flexibility index (Phi) is 4.55. The summed E-state index contributed by atoms with van der Waals surface area (Å²) in [7, 11) is 0. The summed E-state index contributed by atoms with van der Waals surface area (Å²) in [6.07, 6.45) is 5.53. The molecule has 176 valence electrons. The lowest BCUT2D eigenvalue weighted by molar-refractivity contribution is 1.33. The molecule has 0 atom stereocenters. The van der Waals surface area contributed by atoms with Crippen LogP contribution in [-0.4, -0.2) is 9.97 Å². The van der Waals surface area contributed by atoms with Gasteiger partial charge in [-0.2, -0.15) is 0 Å². The number of hydrogen-bond acceptors (Lipinski definition) is 2. The normalized spacial score (nSPS) is 11.7. The number of benzene rings is 6. The van der Waals surface area contributed by atoms with Crippen LogP contribution < -0.4 is 0 Å². The van der Waals surface area contributed by atoms with Gasteiger partial charge in [0.1, 0.15) is 0 Å². The molecule has 0 aliphatic rings. The van der Waals surface area contributed by atoms with Gasteiger partial charge in [0.25, 0.3) is 0 Å². The van der Waals surface area contributed by atoms with E-state index in [0.29, 0.717) is 0 Å².